The Morgan fingerprint density at radius 2 is 2.21 bits per heavy atom. The lowest BCUT2D eigenvalue weighted by Gasteiger charge is -2.05. The molecule has 0 aliphatic heterocycles. The number of hydrogen-bond donors (Lipinski definition) is 2. The number of rotatable bonds is 3. The van der Waals surface area contributed by atoms with Crippen LogP contribution in [0.25, 0.3) is 0 Å². The standard InChI is InChI=1S/C10H13NO3/c1-6(2)3-7-4-8(10(13)14)9(12)5-11-7/h4-6,12H,3H2,1-2H3,(H,13,14). The number of hydrogen-bond acceptors (Lipinski definition) is 3. The molecule has 1 rings (SSSR count). The Morgan fingerprint density at radius 1 is 1.57 bits per heavy atom. The molecule has 76 valence electrons. The number of aromatic nitrogens is 1. The van der Waals surface area contributed by atoms with Crippen molar-refractivity contribution in [3.8, 4) is 5.75 Å². The number of nitrogens with zero attached hydrogens (tertiary/aromatic N) is 1. The molecule has 0 aromatic carbocycles. The maximum Gasteiger partial charge on any atom is 0.339 e. The monoisotopic (exact) mass is 195 g/mol. The molecule has 14 heavy (non-hydrogen) atoms. The van der Waals surface area contributed by atoms with Crippen LogP contribution < -0.4 is 0 Å². The van der Waals surface area contributed by atoms with Crippen LogP contribution in [0.5, 0.6) is 5.75 Å². The molecule has 0 unspecified atom stereocenters. The summed E-state index contributed by atoms with van der Waals surface area (Å²) in [7, 11) is 0. The van der Waals surface area contributed by atoms with E-state index in [4.69, 9.17) is 5.11 Å². The second-order valence-electron chi connectivity index (χ2n) is 3.60. The third-order valence-corrected chi connectivity index (χ3v) is 1.79. The summed E-state index contributed by atoms with van der Waals surface area (Å²) in [6.45, 7) is 4.05. The van der Waals surface area contributed by atoms with Crippen LogP contribution in [0.15, 0.2) is 12.3 Å². The van der Waals surface area contributed by atoms with E-state index in [1.807, 2.05) is 13.8 Å². The van der Waals surface area contributed by atoms with Gasteiger partial charge >= 0.3 is 5.97 Å². The van der Waals surface area contributed by atoms with E-state index in [9.17, 15) is 9.90 Å². The van der Waals surface area contributed by atoms with Gasteiger partial charge in [-0.25, -0.2) is 4.79 Å². The molecule has 0 saturated carbocycles. The van der Waals surface area contributed by atoms with Crippen molar-refractivity contribution >= 4 is 5.97 Å². The molecule has 0 amide bonds. The van der Waals surface area contributed by atoms with Gasteiger partial charge in [-0.05, 0) is 18.4 Å². The normalized spacial score (nSPS) is 10.5. The van der Waals surface area contributed by atoms with Gasteiger partial charge in [0.2, 0.25) is 0 Å². The van der Waals surface area contributed by atoms with Crippen molar-refractivity contribution in [1.82, 2.24) is 4.98 Å². The van der Waals surface area contributed by atoms with Crippen LogP contribution in [0.4, 0.5) is 0 Å². The van der Waals surface area contributed by atoms with Crippen molar-refractivity contribution < 1.29 is 15.0 Å². The van der Waals surface area contributed by atoms with Crippen molar-refractivity contribution in [3.05, 3.63) is 23.5 Å². The van der Waals surface area contributed by atoms with Crippen LogP contribution in [0.2, 0.25) is 0 Å². The average molecular weight is 195 g/mol. The van der Waals surface area contributed by atoms with Gasteiger partial charge in [0.15, 0.2) is 0 Å². The predicted octanol–water partition coefficient (Wildman–Crippen LogP) is 1.68. The van der Waals surface area contributed by atoms with E-state index >= 15 is 0 Å². The van der Waals surface area contributed by atoms with Crippen LogP contribution in [0, 0.1) is 5.92 Å². The Labute approximate surface area is 82.2 Å². The van der Waals surface area contributed by atoms with E-state index in [-0.39, 0.29) is 11.3 Å². The summed E-state index contributed by atoms with van der Waals surface area (Å²) in [6.07, 6.45) is 1.89. The fourth-order valence-corrected chi connectivity index (χ4v) is 1.19. The van der Waals surface area contributed by atoms with Gasteiger partial charge in [-0.2, -0.15) is 0 Å². The summed E-state index contributed by atoms with van der Waals surface area (Å²) in [5.41, 5.74) is 0.603. The Kier molecular flexibility index (Phi) is 3.06. The smallest absolute Gasteiger partial charge is 0.339 e. The lowest BCUT2D eigenvalue weighted by molar-refractivity contribution is 0.0693. The Bertz CT molecular complexity index is 347. The summed E-state index contributed by atoms with van der Waals surface area (Å²) >= 11 is 0. The average Bonchev–Trinajstić information content (AvgIpc) is 2.07. The first-order valence-corrected chi connectivity index (χ1v) is 4.42. The van der Waals surface area contributed by atoms with E-state index in [1.165, 1.54) is 12.3 Å². The van der Waals surface area contributed by atoms with E-state index < -0.39 is 5.97 Å². The second-order valence-corrected chi connectivity index (χ2v) is 3.60. The molecule has 0 atom stereocenters. The van der Waals surface area contributed by atoms with E-state index in [1.54, 1.807) is 0 Å². The van der Waals surface area contributed by atoms with Crippen molar-refractivity contribution in [1.29, 1.82) is 0 Å². The zero-order valence-electron chi connectivity index (χ0n) is 8.19. The van der Waals surface area contributed by atoms with Gasteiger partial charge in [0.25, 0.3) is 0 Å². The highest BCUT2D eigenvalue weighted by atomic mass is 16.4. The summed E-state index contributed by atoms with van der Waals surface area (Å²) in [4.78, 5) is 14.6. The highest BCUT2D eigenvalue weighted by molar-refractivity contribution is 5.90. The van der Waals surface area contributed by atoms with E-state index in [0.29, 0.717) is 18.0 Å². The zero-order valence-corrected chi connectivity index (χ0v) is 8.19. The maximum absolute atomic E-state index is 10.7. The largest absolute Gasteiger partial charge is 0.505 e. The topological polar surface area (TPSA) is 70.4 Å². The minimum absolute atomic E-state index is 0.0874. The van der Waals surface area contributed by atoms with Gasteiger partial charge in [0.1, 0.15) is 11.3 Å². The molecule has 0 radical (unpaired) electrons. The highest BCUT2D eigenvalue weighted by Crippen LogP contribution is 2.17. The molecule has 2 N–H and O–H groups in total. The molecule has 0 aliphatic rings. The molecule has 1 aromatic heterocycles. The van der Waals surface area contributed by atoms with Gasteiger partial charge in [-0.15, -0.1) is 0 Å². The third kappa shape index (κ3) is 2.45. The lowest BCUT2D eigenvalue weighted by atomic mass is 10.1. The number of pyridine rings is 1. The summed E-state index contributed by atoms with van der Waals surface area (Å²) < 4.78 is 0. The predicted molar refractivity (Wildman–Crippen MR) is 51.4 cm³/mol. The second kappa shape index (κ2) is 4.09. The van der Waals surface area contributed by atoms with Crippen molar-refractivity contribution in [2.75, 3.05) is 0 Å². The first-order valence-electron chi connectivity index (χ1n) is 4.42. The fraction of sp³-hybridized carbons (Fsp3) is 0.400. The van der Waals surface area contributed by atoms with Crippen LogP contribution in [-0.2, 0) is 6.42 Å². The van der Waals surface area contributed by atoms with Gasteiger partial charge < -0.3 is 10.2 Å². The summed E-state index contributed by atoms with van der Waals surface area (Å²) in [5, 5.41) is 17.9. The number of aromatic hydroxyl groups is 1. The first kappa shape index (κ1) is 10.5. The minimum Gasteiger partial charge on any atom is -0.505 e. The molecule has 0 spiro atoms. The van der Waals surface area contributed by atoms with Crippen LogP contribution in [0.1, 0.15) is 29.9 Å². The maximum atomic E-state index is 10.7. The number of aromatic carboxylic acids is 1. The molecule has 4 nitrogen and oxygen atoms in total. The Morgan fingerprint density at radius 3 is 2.71 bits per heavy atom. The molecule has 0 saturated heterocycles. The van der Waals surface area contributed by atoms with Crippen molar-refractivity contribution in [3.63, 3.8) is 0 Å². The van der Waals surface area contributed by atoms with E-state index in [0.717, 1.165) is 0 Å². The van der Waals surface area contributed by atoms with Crippen LogP contribution in [0.3, 0.4) is 0 Å². The number of carboxylic acid groups (broad SMARTS) is 1. The molecular weight excluding hydrogens is 182 g/mol. The van der Waals surface area contributed by atoms with Gasteiger partial charge in [0, 0.05) is 5.69 Å². The van der Waals surface area contributed by atoms with Crippen LogP contribution in [-0.4, -0.2) is 21.2 Å². The first-order chi connectivity index (χ1) is 6.50. The molecule has 1 heterocycles. The molecule has 1 aromatic rings. The molecule has 4 heteroatoms. The summed E-state index contributed by atoms with van der Waals surface area (Å²) in [5.74, 6) is -1.01. The molecule has 0 aliphatic carbocycles. The summed E-state index contributed by atoms with van der Waals surface area (Å²) in [6, 6.07) is 1.41. The minimum atomic E-state index is -1.13. The van der Waals surface area contributed by atoms with Gasteiger partial charge in [-0.1, -0.05) is 13.8 Å². The lowest BCUT2D eigenvalue weighted by Crippen LogP contribution is -2.02. The third-order valence-electron chi connectivity index (χ3n) is 1.79. The number of carboxylic acids is 1. The van der Waals surface area contributed by atoms with Crippen molar-refractivity contribution in [2.45, 2.75) is 20.3 Å². The molecule has 0 fully saturated rings. The SMILES string of the molecule is CC(C)Cc1cc(C(=O)O)c(O)cn1. The van der Waals surface area contributed by atoms with Gasteiger partial charge in [0.05, 0.1) is 6.20 Å². The Balaban J connectivity index is 3.00. The fourth-order valence-electron chi connectivity index (χ4n) is 1.19. The van der Waals surface area contributed by atoms with E-state index in [2.05, 4.69) is 4.98 Å². The van der Waals surface area contributed by atoms with Gasteiger partial charge in [-0.3, -0.25) is 4.98 Å². The number of carbonyl (C=O) groups is 1. The zero-order chi connectivity index (χ0) is 10.7. The quantitative estimate of drug-likeness (QED) is 0.769. The highest BCUT2D eigenvalue weighted by Gasteiger charge is 2.11. The molecule has 0 bridgehead atoms. The van der Waals surface area contributed by atoms with Crippen molar-refractivity contribution in [2.24, 2.45) is 5.92 Å². The Hall–Kier alpha value is -1.58. The van der Waals surface area contributed by atoms with Crippen LogP contribution >= 0.6 is 0 Å². The molecular formula is C10H13NO3.